The minimum Gasteiger partial charge on any atom is -0.300 e. The summed E-state index contributed by atoms with van der Waals surface area (Å²) >= 11 is 0. The van der Waals surface area contributed by atoms with Crippen molar-refractivity contribution in [2.75, 3.05) is 0 Å². The van der Waals surface area contributed by atoms with Crippen molar-refractivity contribution in [3.63, 3.8) is 0 Å². The Morgan fingerprint density at radius 2 is 2.09 bits per heavy atom. The first-order valence-corrected chi connectivity index (χ1v) is 4.72. The summed E-state index contributed by atoms with van der Waals surface area (Å²) in [4.78, 5) is 10.8. The van der Waals surface area contributed by atoms with Gasteiger partial charge in [-0.25, -0.2) is 0 Å². The molecule has 2 aliphatic rings. The summed E-state index contributed by atoms with van der Waals surface area (Å²) < 4.78 is 0. The zero-order valence-corrected chi connectivity index (χ0v) is 7.23. The van der Waals surface area contributed by atoms with Crippen molar-refractivity contribution in [2.24, 2.45) is 11.3 Å². The van der Waals surface area contributed by atoms with Crippen LogP contribution in [-0.4, -0.2) is 5.78 Å². The number of hydrogen-bond donors (Lipinski definition) is 0. The highest BCUT2D eigenvalue weighted by Crippen LogP contribution is 2.64. The summed E-state index contributed by atoms with van der Waals surface area (Å²) in [6.07, 6.45) is 7.85. The monoisotopic (exact) mass is 152 g/mol. The molecule has 0 saturated heterocycles. The third-order valence-electron chi connectivity index (χ3n) is 3.49. The topological polar surface area (TPSA) is 17.1 Å². The van der Waals surface area contributed by atoms with Crippen molar-refractivity contribution < 1.29 is 4.79 Å². The van der Waals surface area contributed by atoms with E-state index >= 15 is 0 Å². The molecule has 0 aromatic rings. The molecule has 0 aromatic carbocycles. The highest BCUT2D eigenvalue weighted by Gasteiger charge is 2.54. The zero-order chi connectivity index (χ0) is 7.90. The van der Waals surface area contributed by atoms with Gasteiger partial charge in [-0.3, -0.25) is 0 Å². The molecule has 1 atom stereocenters. The summed E-state index contributed by atoms with van der Waals surface area (Å²) in [7, 11) is 0. The number of carbonyl (C=O) groups excluding carboxylic acids is 1. The van der Waals surface area contributed by atoms with Crippen LogP contribution in [0.15, 0.2) is 0 Å². The van der Waals surface area contributed by atoms with Crippen LogP contribution >= 0.6 is 0 Å². The zero-order valence-electron chi connectivity index (χ0n) is 7.23. The lowest BCUT2D eigenvalue weighted by Gasteiger charge is -2.05. The van der Waals surface area contributed by atoms with Crippen LogP contribution in [0.4, 0.5) is 0 Å². The maximum absolute atomic E-state index is 10.8. The Balaban J connectivity index is 1.88. The summed E-state index contributed by atoms with van der Waals surface area (Å²) in [5.41, 5.74) is 0.672. The third-order valence-corrected chi connectivity index (χ3v) is 3.49. The van der Waals surface area contributed by atoms with E-state index in [1.165, 1.54) is 32.1 Å². The Morgan fingerprint density at radius 3 is 2.64 bits per heavy atom. The Hall–Kier alpha value is -0.330. The second kappa shape index (κ2) is 2.33. The average molecular weight is 152 g/mol. The quantitative estimate of drug-likeness (QED) is 0.594. The van der Waals surface area contributed by atoms with Crippen LogP contribution in [0.5, 0.6) is 0 Å². The summed E-state index contributed by atoms with van der Waals surface area (Å²) in [5, 5.41) is 0. The van der Waals surface area contributed by atoms with E-state index in [0.29, 0.717) is 11.2 Å². The number of rotatable bonds is 2. The van der Waals surface area contributed by atoms with Crippen LogP contribution in [0.1, 0.15) is 45.4 Å². The molecule has 2 aliphatic carbocycles. The van der Waals surface area contributed by atoms with Crippen molar-refractivity contribution in [1.82, 2.24) is 0 Å². The van der Waals surface area contributed by atoms with Gasteiger partial charge in [0.15, 0.2) is 0 Å². The standard InChI is InChI=1S/C10H16O/c1-8(11)6-9-7-10(9)4-2-3-5-10/h9H,2-7H2,1H3. The number of Topliss-reactive ketones (excluding diaryl/α,β-unsaturated/α-hetero) is 1. The van der Waals surface area contributed by atoms with Gasteiger partial charge in [-0.1, -0.05) is 12.8 Å². The molecular formula is C10H16O. The van der Waals surface area contributed by atoms with Crippen LogP contribution in [0.25, 0.3) is 0 Å². The van der Waals surface area contributed by atoms with Crippen LogP contribution in [0.2, 0.25) is 0 Å². The van der Waals surface area contributed by atoms with Crippen LogP contribution in [-0.2, 0) is 4.79 Å². The maximum atomic E-state index is 10.8. The van der Waals surface area contributed by atoms with E-state index in [0.717, 1.165) is 12.3 Å². The summed E-state index contributed by atoms with van der Waals surface area (Å²) in [6.45, 7) is 1.72. The van der Waals surface area contributed by atoms with E-state index in [4.69, 9.17) is 0 Å². The molecule has 0 N–H and O–H groups in total. The number of hydrogen-bond acceptors (Lipinski definition) is 1. The molecule has 11 heavy (non-hydrogen) atoms. The van der Waals surface area contributed by atoms with E-state index in [-0.39, 0.29) is 0 Å². The van der Waals surface area contributed by atoms with Gasteiger partial charge in [-0.05, 0) is 37.5 Å². The van der Waals surface area contributed by atoms with Gasteiger partial charge in [0.05, 0.1) is 0 Å². The fourth-order valence-electron chi connectivity index (χ4n) is 2.76. The lowest BCUT2D eigenvalue weighted by molar-refractivity contribution is -0.117. The Kier molecular flexibility index (Phi) is 1.55. The molecule has 0 aliphatic heterocycles. The molecule has 2 rings (SSSR count). The first kappa shape index (κ1) is 7.33. The smallest absolute Gasteiger partial charge is 0.130 e. The highest BCUT2D eigenvalue weighted by molar-refractivity contribution is 5.76. The van der Waals surface area contributed by atoms with Crippen LogP contribution < -0.4 is 0 Å². The fraction of sp³-hybridized carbons (Fsp3) is 0.900. The minimum absolute atomic E-state index is 0.388. The number of carbonyl (C=O) groups is 1. The second-order valence-corrected chi connectivity index (χ2v) is 4.38. The van der Waals surface area contributed by atoms with Crippen molar-refractivity contribution in [3.05, 3.63) is 0 Å². The number of ketones is 1. The minimum atomic E-state index is 0.388. The predicted molar refractivity (Wildman–Crippen MR) is 44.3 cm³/mol. The third kappa shape index (κ3) is 1.21. The van der Waals surface area contributed by atoms with Gasteiger partial charge in [0, 0.05) is 6.42 Å². The largest absolute Gasteiger partial charge is 0.300 e. The van der Waals surface area contributed by atoms with Gasteiger partial charge in [-0.2, -0.15) is 0 Å². The van der Waals surface area contributed by atoms with Crippen molar-refractivity contribution in [2.45, 2.75) is 45.4 Å². The molecule has 1 nitrogen and oxygen atoms in total. The molecule has 0 bridgehead atoms. The lowest BCUT2D eigenvalue weighted by Crippen LogP contribution is -2.00. The van der Waals surface area contributed by atoms with Gasteiger partial charge < -0.3 is 4.79 Å². The highest BCUT2D eigenvalue weighted by atomic mass is 16.1. The first-order chi connectivity index (χ1) is 5.23. The first-order valence-electron chi connectivity index (χ1n) is 4.72. The fourth-order valence-corrected chi connectivity index (χ4v) is 2.76. The molecule has 1 heteroatoms. The van der Waals surface area contributed by atoms with Gasteiger partial charge >= 0.3 is 0 Å². The Bertz CT molecular complexity index is 177. The molecule has 0 amide bonds. The molecule has 2 saturated carbocycles. The van der Waals surface area contributed by atoms with E-state index in [9.17, 15) is 4.79 Å². The second-order valence-electron chi connectivity index (χ2n) is 4.38. The van der Waals surface area contributed by atoms with E-state index in [1.807, 2.05) is 0 Å². The average Bonchev–Trinajstić information content (AvgIpc) is 2.43. The Morgan fingerprint density at radius 1 is 1.45 bits per heavy atom. The molecule has 0 radical (unpaired) electrons. The SMILES string of the molecule is CC(=O)CC1CC12CCCC2. The summed E-state index contributed by atoms with van der Waals surface area (Å²) in [5.74, 6) is 1.17. The van der Waals surface area contributed by atoms with Crippen molar-refractivity contribution >= 4 is 5.78 Å². The molecule has 0 heterocycles. The van der Waals surface area contributed by atoms with E-state index < -0.39 is 0 Å². The normalized spacial score (nSPS) is 32.6. The Labute approximate surface area is 68.2 Å². The van der Waals surface area contributed by atoms with E-state index in [2.05, 4.69) is 0 Å². The van der Waals surface area contributed by atoms with Gasteiger partial charge in [0.25, 0.3) is 0 Å². The summed E-state index contributed by atoms with van der Waals surface area (Å²) in [6, 6.07) is 0. The lowest BCUT2D eigenvalue weighted by atomic mass is 10.00. The predicted octanol–water partition coefficient (Wildman–Crippen LogP) is 2.55. The van der Waals surface area contributed by atoms with Crippen LogP contribution in [0.3, 0.4) is 0 Å². The molecule has 62 valence electrons. The van der Waals surface area contributed by atoms with Crippen molar-refractivity contribution in [3.8, 4) is 0 Å². The van der Waals surface area contributed by atoms with Crippen molar-refractivity contribution in [1.29, 1.82) is 0 Å². The van der Waals surface area contributed by atoms with Gasteiger partial charge in [-0.15, -0.1) is 0 Å². The molecule has 1 spiro atoms. The maximum Gasteiger partial charge on any atom is 0.130 e. The van der Waals surface area contributed by atoms with E-state index in [1.54, 1.807) is 6.92 Å². The van der Waals surface area contributed by atoms with Gasteiger partial charge in [0.1, 0.15) is 5.78 Å². The molecular weight excluding hydrogens is 136 g/mol. The van der Waals surface area contributed by atoms with Crippen LogP contribution in [0, 0.1) is 11.3 Å². The molecule has 2 fully saturated rings. The molecule has 0 aromatic heterocycles. The molecule has 1 unspecified atom stereocenters. The van der Waals surface area contributed by atoms with Gasteiger partial charge in [0.2, 0.25) is 0 Å².